The number of thiophene rings is 1. The van der Waals surface area contributed by atoms with Gasteiger partial charge in [0.25, 0.3) is 0 Å². The fourth-order valence-electron chi connectivity index (χ4n) is 2.66. The van der Waals surface area contributed by atoms with Crippen LogP contribution in [-0.4, -0.2) is 18.3 Å². The van der Waals surface area contributed by atoms with Gasteiger partial charge in [-0.25, -0.2) is 0 Å². The molecule has 0 spiro atoms. The van der Waals surface area contributed by atoms with Crippen molar-refractivity contribution in [3.8, 4) is 17.0 Å². The fraction of sp³-hybridized carbons (Fsp3) is 0.150. The third kappa shape index (κ3) is 3.73. The van der Waals surface area contributed by atoms with Crippen molar-refractivity contribution in [2.75, 3.05) is 13.2 Å². The van der Waals surface area contributed by atoms with Crippen molar-refractivity contribution >= 4 is 21.6 Å². The van der Waals surface area contributed by atoms with Gasteiger partial charge in [0.1, 0.15) is 22.8 Å². The largest absolute Gasteiger partial charge is 0.492 e. The van der Waals surface area contributed by atoms with Gasteiger partial charge in [0.15, 0.2) is 5.58 Å². The van der Waals surface area contributed by atoms with Gasteiger partial charge in [0.05, 0.1) is 0 Å². The van der Waals surface area contributed by atoms with Crippen LogP contribution in [0.2, 0.25) is 0 Å². The molecule has 4 nitrogen and oxygen atoms in total. The zero-order chi connectivity index (χ0) is 16.9. The highest BCUT2D eigenvalue weighted by molar-refractivity contribution is 7.17. The van der Waals surface area contributed by atoms with Gasteiger partial charge in [-0.15, -0.1) is 11.3 Å². The summed E-state index contributed by atoms with van der Waals surface area (Å²) in [5, 5.41) is 9.57. The fourth-order valence-corrected chi connectivity index (χ4v) is 3.48. The van der Waals surface area contributed by atoms with Crippen molar-refractivity contribution in [2.45, 2.75) is 6.54 Å². The normalized spacial score (nSPS) is 11.0. The summed E-state index contributed by atoms with van der Waals surface area (Å²) in [5.74, 6) is 0.840. The Morgan fingerprint density at radius 1 is 1.04 bits per heavy atom. The number of hydrogen-bond donors (Lipinski definition) is 1. The van der Waals surface area contributed by atoms with Crippen molar-refractivity contribution in [1.29, 1.82) is 0 Å². The number of nitrogens with one attached hydrogen (secondary N) is 1. The molecular weight excluding hydrogens is 332 g/mol. The van der Waals surface area contributed by atoms with Crippen molar-refractivity contribution in [2.24, 2.45) is 0 Å². The minimum atomic E-state index is 0.615. The Morgan fingerprint density at radius 2 is 1.96 bits per heavy atom. The van der Waals surface area contributed by atoms with Crippen molar-refractivity contribution in [3.05, 3.63) is 71.6 Å². The molecule has 1 N–H and O–H groups in total. The standard InChI is InChI=1S/C20H18N2O2S/c1-2-5-15(6-3-1)14-21-10-11-23-17-8-4-7-16(13-17)19-20-18(24-22-19)9-12-25-20/h1-9,12-13,21H,10-11,14H2. The first-order chi connectivity index (χ1) is 12.4. The number of benzene rings is 2. The second-order valence-electron chi connectivity index (χ2n) is 5.68. The Bertz CT molecular complexity index is 946. The first kappa shape index (κ1) is 15.9. The maximum atomic E-state index is 5.86. The monoisotopic (exact) mass is 350 g/mol. The molecule has 2 aromatic heterocycles. The highest BCUT2D eigenvalue weighted by atomic mass is 32.1. The van der Waals surface area contributed by atoms with E-state index in [1.54, 1.807) is 11.3 Å². The lowest BCUT2D eigenvalue weighted by Crippen LogP contribution is -2.20. The lowest BCUT2D eigenvalue weighted by atomic mass is 10.1. The number of fused-ring (bicyclic) bond motifs is 1. The molecule has 2 aromatic carbocycles. The molecule has 5 heteroatoms. The molecule has 0 bridgehead atoms. The summed E-state index contributed by atoms with van der Waals surface area (Å²) < 4.78 is 12.3. The van der Waals surface area contributed by atoms with Gasteiger partial charge in [0.2, 0.25) is 0 Å². The number of ether oxygens (including phenoxy) is 1. The van der Waals surface area contributed by atoms with E-state index in [-0.39, 0.29) is 0 Å². The molecule has 25 heavy (non-hydrogen) atoms. The summed E-state index contributed by atoms with van der Waals surface area (Å²) in [4.78, 5) is 0. The van der Waals surface area contributed by atoms with E-state index in [0.717, 1.165) is 40.4 Å². The summed E-state index contributed by atoms with van der Waals surface area (Å²) in [6.07, 6.45) is 0. The second kappa shape index (κ2) is 7.51. The molecule has 0 amide bonds. The van der Waals surface area contributed by atoms with Gasteiger partial charge < -0.3 is 14.6 Å². The molecule has 0 saturated heterocycles. The van der Waals surface area contributed by atoms with Gasteiger partial charge in [-0.3, -0.25) is 0 Å². The van der Waals surface area contributed by atoms with E-state index in [1.165, 1.54) is 5.56 Å². The van der Waals surface area contributed by atoms with Crippen molar-refractivity contribution in [3.63, 3.8) is 0 Å². The van der Waals surface area contributed by atoms with E-state index >= 15 is 0 Å². The Labute approximate surface area is 150 Å². The van der Waals surface area contributed by atoms with Crippen molar-refractivity contribution in [1.82, 2.24) is 10.5 Å². The van der Waals surface area contributed by atoms with Gasteiger partial charge in [-0.05, 0) is 29.1 Å². The van der Waals surface area contributed by atoms with Gasteiger partial charge in [-0.2, -0.15) is 0 Å². The van der Waals surface area contributed by atoms with E-state index in [1.807, 2.05) is 53.9 Å². The van der Waals surface area contributed by atoms with Crippen LogP contribution in [0.25, 0.3) is 21.5 Å². The van der Waals surface area contributed by atoms with Crippen LogP contribution in [0.15, 0.2) is 70.6 Å². The predicted molar refractivity (Wildman–Crippen MR) is 101 cm³/mol. The first-order valence-electron chi connectivity index (χ1n) is 8.21. The lowest BCUT2D eigenvalue weighted by molar-refractivity contribution is 0.314. The summed E-state index contributed by atoms with van der Waals surface area (Å²) in [7, 11) is 0. The molecular formula is C20H18N2O2S. The molecule has 126 valence electrons. The molecule has 0 aliphatic heterocycles. The van der Waals surface area contributed by atoms with E-state index in [2.05, 4.69) is 22.6 Å². The predicted octanol–water partition coefficient (Wildman–Crippen LogP) is 4.72. The minimum absolute atomic E-state index is 0.615. The van der Waals surface area contributed by atoms with Crippen LogP contribution < -0.4 is 10.1 Å². The van der Waals surface area contributed by atoms with E-state index < -0.39 is 0 Å². The molecule has 0 atom stereocenters. The highest BCUT2D eigenvalue weighted by Gasteiger charge is 2.12. The summed E-state index contributed by atoms with van der Waals surface area (Å²) in [6.45, 7) is 2.25. The molecule has 0 radical (unpaired) electrons. The smallest absolute Gasteiger partial charge is 0.178 e. The SMILES string of the molecule is c1ccc(CNCCOc2cccc(-c3noc4ccsc34)c2)cc1. The summed E-state index contributed by atoms with van der Waals surface area (Å²) in [6, 6.07) is 20.3. The average molecular weight is 350 g/mol. The quantitative estimate of drug-likeness (QED) is 0.490. The van der Waals surface area contributed by atoms with Crippen LogP contribution in [0.4, 0.5) is 0 Å². The maximum Gasteiger partial charge on any atom is 0.178 e. The Balaban J connectivity index is 1.33. The number of aromatic nitrogens is 1. The molecule has 4 aromatic rings. The van der Waals surface area contributed by atoms with E-state index in [9.17, 15) is 0 Å². The molecule has 0 fully saturated rings. The van der Waals surface area contributed by atoms with Crippen LogP contribution in [0.5, 0.6) is 5.75 Å². The van der Waals surface area contributed by atoms with Gasteiger partial charge >= 0.3 is 0 Å². The zero-order valence-corrected chi connectivity index (χ0v) is 14.5. The highest BCUT2D eigenvalue weighted by Crippen LogP contribution is 2.33. The maximum absolute atomic E-state index is 5.86. The Hall–Kier alpha value is -2.63. The zero-order valence-electron chi connectivity index (χ0n) is 13.6. The van der Waals surface area contributed by atoms with Crippen LogP contribution in [0.1, 0.15) is 5.56 Å². The number of rotatable bonds is 7. The molecule has 0 aliphatic carbocycles. The van der Waals surface area contributed by atoms with E-state index in [4.69, 9.17) is 9.26 Å². The third-order valence-electron chi connectivity index (χ3n) is 3.91. The third-order valence-corrected chi connectivity index (χ3v) is 4.81. The molecule has 0 unspecified atom stereocenters. The van der Waals surface area contributed by atoms with Crippen LogP contribution in [0, 0.1) is 0 Å². The number of hydrogen-bond acceptors (Lipinski definition) is 5. The Morgan fingerprint density at radius 3 is 2.88 bits per heavy atom. The van der Waals surface area contributed by atoms with Crippen LogP contribution >= 0.6 is 11.3 Å². The molecule has 0 saturated carbocycles. The molecule has 0 aliphatic rings. The first-order valence-corrected chi connectivity index (χ1v) is 9.09. The van der Waals surface area contributed by atoms with Crippen LogP contribution in [-0.2, 0) is 6.54 Å². The average Bonchev–Trinajstić information content (AvgIpc) is 3.26. The molecule has 2 heterocycles. The lowest BCUT2D eigenvalue weighted by Gasteiger charge is -2.08. The topological polar surface area (TPSA) is 47.3 Å². The summed E-state index contributed by atoms with van der Waals surface area (Å²) in [5.41, 5.74) is 3.99. The van der Waals surface area contributed by atoms with Gasteiger partial charge in [0, 0.05) is 18.7 Å². The summed E-state index contributed by atoms with van der Waals surface area (Å²) >= 11 is 1.64. The van der Waals surface area contributed by atoms with Crippen molar-refractivity contribution < 1.29 is 9.26 Å². The number of nitrogens with zero attached hydrogens (tertiary/aromatic N) is 1. The van der Waals surface area contributed by atoms with E-state index in [0.29, 0.717) is 6.61 Å². The van der Waals surface area contributed by atoms with Gasteiger partial charge in [-0.1, -0.05) is 47.6 Å². The second-order valence-corrected chi connectivity index (χ2v) is 6.60. The Kier molecular flexibility index (Phi) is 4.77. The van der Waals surface area contributed by atoms with Crippen LogP contribution in [0.3, 0.4) is 0 Å². The molecule has 4 rings (SSSR count). The minimum Gasteiger partial charge on any atom is -0.492 e.